The Morgan fingerprint density at radius 2 is 1.66 bits per heavy atom. The van der Waals surface area contributed by atoms with Crippen molar-refractivity contribution in [2.24, 2.45) is 0 Å². The first-order valence-electron chi connectivity index (χ1n) is 10.2. The number of amides is 3. The topological polar surface area (TPSA) is 92.8 Å². The monoisotopic (exact) mass is 490 g/mol. The van der Waals surface area contributed by atoms with E-state index in [9.17, 15) is 27.2 Å². The van der Waals surface area contributed by atoms with Gasteiger partial charge in [0.15, 0.2) is 11.5 Å². The lowest BCUT2D eigenvalue weighted by molar-refractivity contribution is -0.120. The summed E-state index contributed by atoms with van der Waals surface area (Å²) in [5.41, 5.74) is 2.05. The number of anilines is 2. The minimum absolute atomic E-state index is 0.198. The molecule has 4 rings (SSSR count). The summed E-state index contributed by atoms with van der Waals surface area (Å²) >= 11 is 0. The van der Waals surface area contributed by atoms with E-state index in [0.29, 0.717) is 16.9 Å². The average Bonchev–Trinajstić information content (AvgIpc) is 3.16. The molecule has 2 aromatic carbocycles. The molecule has 0 radical (unpaired) electrons. The first kappa shape index (κ1) is 23.8. The van der Waals surface area contributed by atoms with Gasteiger partial charge >= 0.3 is 19.3 Å². The number of hydrogen-bond acceptors (Lipinski definition) is 6. The van der Waals surface area contributed by atoms with Crippen molar-refractivity contribution in [3.05, 3.63) is 78.1 Å². The lowest BCUT2D eigenvalue weighted by atomic mass is 10.1. The number of rotatable bonds is 9. The largest absolute Gasteiger partial charge is 0.431 e. The van der Waals surface area contributed by atoms with Crippen molar-refractivity contribution in [3.8, 4) is 11.5 Å². The van der Waals surface area contributed by atoms with E-state index >= 15 is 0 Å². The first-order chi connectivity index (χ1) is 16.8. The highest BCUT2D eigenvalue weighted by Crippen LogP contribution is 2.38. The first-order valence-corrected chi connectivity index (χ1v) is 10.2. The second-order valence-corrected chi connectivity index (χ2v) is 7.33. The molecular weight excluding hydrogens is 472 g/mol. The fraction of sp³-hybridized carbons (Fsp3) is 0.174. The van der Waals surface area contributed by atoms with Crippen LogP contribution in [0.4, 0.5) is 33.7 Å². The Morgan fingerprint density at radius 1 is 0.914 bits per heavy atom. The Morgan fingerprint density at radius 3 is 2.31 bits per heavy atom. The summed E-state index contributed by atoms with van der Waals surface area (Å²) in [7, 11) is 0. The Balaban J connectivity index is 1.76. The molecule has 1 atom stereocenters. The molecule has 1 aromatic heterocycles. The predicted octanol–water partition coefficient (Wildman–Crippen LogP) is 4.50. The van der Waals surface area contributed by atoms with E-state index in [-0.39, 0.29) is 6.54 Å². The number of nitrogens with zero attached hydrogens (tertiary/aromatic N) is 2. The Kier molecular flexibility index (Phi) is 6.99. The number of aromatic nitrogens is 1. The number of halogens is 4. The molecule has 3 aromatic rings. The maximum atomic E-state index is 13.0. The van der Waals surface area contributed by atoms with E-state index in [1.165, 1.54) is 6.07 Å². The van der Waals surface area contributed by atoms with Gasteiger partial charge in [-0.3, -0.25) is 15.1 Å². The summed E-state index contributed by atoms with van der Waals surface area (Å²) in [4.78, 5) is 29.4. The number of urea groups is 1. The number of pyridine rings is 1. The molecule has 2 heterocycles. The molecule has 1 fully saturated rings. The quantitative estimate of drug-likeness (QED) is 0.339. The maximum absolute atomic E-state index is 13.0. The van der Waals surface area contributed by atoms with Crippen LogP contribution in [0.1, 0.15) is 17.2 Å². The van der Waals surface area contributed by atoms with Crippen LogP contribution < -0.4 is 25.0 Å². The smallest absolute Gasteiger partial charge is 0.387 e. The summed E-state index contributed by atoms with van der Waals surface area (Å²) in [6.45, 7) is -6.31. The van der Waals surface area contributed by atoms with Gasteiger partial charge in [-0.25, -0.2) is 4.79 Å². The van der Waals surface area contributed by atoms with Gasteiger partial charge in [0.1, 0.15) is 6.04 Å². The third kappa shape index (κ3) is 5.78. The molecule has 1 unspecified atom stereocenters. The molecule has 3 amide bonds. The molecule has 2 N–H and O–H groups in total. The van der Waals surface area contributed by atoms with Gasteiger partial charge in [0.25, 0.3) is 5.91 Å². The number of carbonyl (C=O) groups is 2. The van der Waals surface area contributed by atoms with E-state index in [4.69, 9.17) is 0 Å². The highest BCUT2D eigenvalue weighted by molar-refractivity contribution is 6.04. The van der Waals surface area contributed by atoms with Crippen LogP contribution >= 0.6 is 0 Å². The lowest BCUT2D eigenvalue weighted by Gasteiger charge is -2.27. The van der Waals surface area contributed by atoms with Crippen LogP contribution in [0, 0.1) is 0 Å². The fourth-order valence-corrected chi connectivity index (χ4v) is 3.58. The second kappa shape index (κ2) is 10.3. The van der Waals surface area contributed by atoms with Crippen molar-refractivity contribution in [1.82, 2.24) is 15.6 Å². The van der Waals surface area contributed by atoms with Crippen LogP contribution in [0.2, 0.25) is 0 Å². The van der Waals surface area contributed by atoms with E-state index in [2.05, 4.69) is 25.1 Å². The number of nitrogens with one attached hydrogen (secondary N) is 2. The van der Waals surface area contributed by atoms with Gasteiger partial charge in [0.2, 0.25) is 0 Å². The Hall–Kier alpha value is -4.35. The standard InChI is InChI=1S/C23H18F4N4O4/c24-21(25)34-17-7-6-16(10-18(17)35-22(26)27)31(12-13-3-2-8-28-11-13)15-5-1-4-14(9-15)19-20(32)30-23(33)29-19/h1-11,19,21-22H,12H2,(H2,29,30,32,33). The molecule has 0 bridgehead atoms. The van der Waals surface area contributed by atoms with E-state index in [1.807, 2.05) is 0 Å². The molecule has 0 saturated carbocycles. The third-order valence-corrected chi connectivity index (χ3v) is 5.02. The van der Waals surface area contributed by atoms with Crippen molar-refractivity contribution in [3.63, 3.8) is 0 Å². The fourth-order valence-electron chi connectivity index (χ4n) is 3.58. The molecule has 12 heteroatoms. The number of benzene rings is 2. The molecule has 1 aliphatic heterocycles. The predicted molar refractivity (Wildman–Crippen MR) is 116 cm³/mol. The highest BCUT2D eigenvalue weighted by atomic mass is 19.3. The third-order valence-electron chi connectivity index (χ3n) is 5.02. The maximum Gasteiger partial charge on any atom is 0.387 e. The van der Waals surface area contributed by atoms with Crippen molar-refractivity contribution < 1.29 is 36.6 Å². The number of carbonyl (C=O) groups excluding carboxylic acids is 2. The summed E-state index contributed by atoms with van der Waals surface area (Å²) in [5, 5.41) is 4.67. The molecule has 0 aliphatic carbocycles. The van der Waals surface area contributed by atoms with Crippen LogP contribution in [-0.4, -0.2) is 30.1 Å². The number of hydrogen-bond donors (Lipinski definition) is 2. The summed E-state index contributed by atoms with van der Waals surface area (Å²) in [5.74, 6) is -1.65. The number of ether oxygens (including phenoxy) is 2. The minimum atomic E-state index is -3.27. The van der Waals surface area contributed by atoms with Crippen molar-refractivity contribution in [2.45, 2.75) is 25.8 Å². The van der Waals surface area contributed by atoms with Gasteiger partial charge in [-0.2, -0.15) is 17.6 Å². The zero-order valence-corrected chi connectivity index (χ0v) is 17.8. The zero-order chi connectivity index (χ0) is 24.9. The van der Waals surface area contributed by atoms with Crippen LogP contribution in [0.5, 0.6) is 11.5 Å². The second-order valence-electron chi connectivity index (χ2n) is 7.33. The van der Waals surface area contributed by atoms with Gasteiger partial charge in [-0.05, 0) is 41.5 Å². The van der Waals surface area contributed by atoms with Crippen molar-refractivity contribution in [1.29, 1.82) is 0 Å². The van der Waals surface area contributed by atoms with Crippen LogP contribution in [0.25, 0.3) is 0 Å². The normalized spacial score (nSPS) is 15.2. The number of imide groups is 1. The van der Waals surface area contributed by atoms with E-state index in [1.54, 1.807) is 53.7 Å². The SMILES string of the molecule is O=C1NC(=O)C(c2cccc(N(Cc3cccnc3)c3ccc(OC(F)F)c(OC(F)F)c3)c2)N1. The van der Waals surface area contributed by atoms with Crippen LogP contribution in [-0.2, 0) is 11.3 Å². The molecule has 182 valence electrons. The summed E-state index contributed by atoms with van der Waals surface area (Å²) < 4.78 is 60.2. The van der Waals surface area contributed by atoms with E-state index in [0.717, 1.165) is 17.7 Å². The van der Waals surface area contributed by atoms with Gasteiger partial charge in [-0.1, -0.05) is 18.2 Å². The number of alkyl halides is 4. The van der Waals surface area contributed by atoms with Gasteiger partial charge in [-0.15, -0.1) is 0 Å². The Bertz CT molecular complexity index is 1210. The molecule has 8 nitrogen and oxygen atoms in total. The Labute approximate surface area is 196 Å². The molecule has 35 heavy (non-hydrogen) atoms. The highest BCUT2D eigenvalue weighted by Gasteiger charge is 2.31. The summed E-state index contributed by atoms with van der Waals surface area (Å²) in [6, 6.07) is 12.3. The van der Waals surface area contributed by atoms with E-state index < -0.39 is 42.7 Å². The average molecular weight is 490 g/mol. The van der Waals surface area contributed by atoms with Crippen LogP contribution in [0.15, 0.2) is 67.0 Å². The van der Waals surface area contributed by atoms with Crippen molar-refractivity contribution in [2.75, 3.05) is 4.90 Å². The molecular formula is C23H18F4N4O4. The molecule has 1 aliphatic rings. The molecule has 0 spiro atoms. The minimum Gasteiger partial charge on any atom is -0.431 e. The lowest BCUT2D eigenvalue weighted by Crippen LogP contribution is -2.22. The van der Waals surface area contributed by atoms with Gasteiger partial charge in [0, 0.05) is 36.4 Å². The van der Waals surface area contributed by atoms with Crippen LogP contribution in [0.3, 0.4) is 0 Å². The summed E-state index contributed by atoms with van der Waals surface area (Å²) in [6.07, 6.45) is 3.19. The van der Waals surface area contributed by atoms with Gasteiger partial charge in [0.05, 0.1) is 0 Å². The molecule has 1 saturated heterocycles. The zero-order valence-electron chi connectivity index (χ0n) is 17.8. The van der Waals surface area contributed by atoms with Gasteiger partial charge < -0.3 is 19.7 Å². The van der Waals surface area contributed by atoms with Crippen molar-refractivity contribution >= 4 is 23.3 Å².